The molecule has 1 fully saturated rings. The molecule has 0 atom stereocenters. The van der Waals surface area contributed by atoms with Crippen molar-refractivity contribution < 1.29 is 33.8 Å². The van der Waals surface area contributed by atoms with Crippen LogP contribution in [-0.4, -0.2) is 35.5 Å². The quantitative estimate of drug-likeness (QED) is 0.244. The Balaban J connectivity index is 1.55. The number of carbonyl (C=O) groups is 4. The van der Waals surface area contributed by atoms with Crippen molar-refractivity contribution in [3.8, 4) is 11.5 Å². The summed E-state index contributed by atoms with van der Waals surface area (Å²) in [7, 11) is 0. The van der Waals surface area contributed by atoms with Crippen molar-refractivity contribution >= 4 is 67.4 Å². The minimum atomic E-state index is -1.01. The van der Waals surface area contributed by atoms with Crippen LogP contribution in [0.2, 0.25) is 0 Å². The molecular weight excluding hydrogens is 624 g/mol. The molecule has 0 bridgehead atoms. The Bertz CT molecular complexity index is 1430. The monoisotopic (exact) mass is 642 g/mol. The molecule has 2 N–H and O–H groups in total. The van der Waals surface area contributed by atoms with Crippen molar-refractivity contribution in [2.75, 3.05) is 11.5 Å². The first kappa shape index (κ1) is 27.1. The van der Waals surface area contributed by atoms with Crippen LogP contribution in [0.1, 0.15) is 28.4 Å². The SMILES string of the molecule is CCOc1ccc(N2C(=O)NC(=O)/C(=C\c3cc(Br)c(OCc4ccc(C(=O)O)cc4)c(Br)c3)C2=O)cc1. The molecule has 0 aromatic heterocycles. The largest absolute Gasteiger partial charge is 0.494 e. The van der Waals surface area contributed by atoms with E-state index in [4.69, 9.17) is 14.6 Å². The van der Waals surface area contributed by atoms with Gasteiger partial charge < -0.3 is 14.6 Å². The second-order valence-electron chi connectivity index (χ2n) is 7.99. The molecule has 4 rings (SSSR count). The first-order chi connectivity index (χ1) is 18.2. The number of nitrogens with zero attached hydrogens (tertiary/aromatic N) is 1. The van der Waals surface area contributed by atoms with Gasteiger partial charge in [-0.1, -0.05) is 12.1 Å². The molecule has 11 heteroatoms. The van der Waals surface area contributed by atoms with E-state index in [2.05, 4.69) is 37.2 Å². The number of carbonyl (C=O) groups excluding carboxylic acids is 3. The normalized spacial score (nSPS) is 14.4. The van der Waals surface area contributed by atoms with Crippen molar-refractivity contribution in [1.82, 2.24) is 5.32 Å². The number of nitrogens with one attached hydrogen (secondary N) is 1. The number of urea groups is 1. The molecule has 38 heavy (non-hydrogen) atoms. The van der Waals surface area contributed by atoms with Crippen LogP contribution >= 0.6 is 31.9 Å². The molecule has 1 aliphatic rings. The fourth-order valence-corrected chi connectivity index (χ4v) is 5.07. The van der Waals surface area contributed by atoms with Gasteiger partial charge in [-0.05, 0) is 105 Å². The average Bonchev–Trinajstić information content (AvgIpc) is 2.87. The number of ether oxygens (including phenoxy) is 2. The number of halogens is 2. The van der Waals surface area contributed by atoms with Crippen LogP contribution < -0.4 is 19.7 Å². The van der Waals surface area contributed by atoms with E-state index < -0.39 is 23.8 Å². The number of anilines is 1. The minimum Gasteiger partial charge on any atom is -0.494 e. The van der Waals surface area contributed by atoms with Gasteiger partial charge in [0.15, 0.2) is 0 Å². The molecule has 1 saturated heterocycles. The number of rotatable bonds is 8. The standard InChI is InChI=1S/C27H20Br2N2O7/c1-2-37-19-9-7-18(8-10-19)31-25(33)20(24(32)30-27(31)36)11-16-12-21(28)23(22(29)13-16)38-14-15-3-5-17(6-4-15)26(34)35/h3-13H,2,14H2,1H3,(H,34,35)(H,30,32,36)/b20-11+. The molecule has 0 unspecified atom stereocenters. The third kappa shape index (κ3) is 5.95. The van der Waals surface area contributed by atoms with E-state index in [1.54, 1.807) is 48.5 Å². The Kier molecular flexibility index (Phi) is 8.28. The maximum Gasteiger partial charge on any atom is 0.335 e. The van der Waals surface area contributed by atoms with Crippen molar-refractivity contribution in [3.63, 3.8) is 0 Å². The zero-order valence-corrected chi connectivity index (χ0v) is 23.0. The van der Waals surface area contributed by atoms with Crippen molar-refractivity contribution in [1.29, 1.82) is 0 Å². The Labute approximate surface area is 234 Å². The molecule has 194 valence electrons. The first-order valence-electron chi connectivity index (χ1n) is 11.3. The summed E-state index contributed by atoms with van der Waals surface area (Å²) in [5, 5.41) is 11.2. The van der Waals surface area contributed by atoms with Crippen LogP contribution in [0.3, 0.4) is 0 Å². The molecule has 9 nitrogen and oxygen atoms in total. The zero-order chi connectivity index (χ0) is 27.4. The number of aromatic carboxylic acids is 1. The topological polar surface area (TPSA) is 122 Å². The molecular formula is C27H20Br2N2O7. The molecule has 4 amide bonds. The van der Waals surface area contributed by atoms with E-state index in [9.17, 15) is 19.2 Å². The number of imide groups is 2. The molecule has 0 aliphatic carbocycles. The second-order valence-corrected chi connectivity index (χ2v) is 9.70. The number of amides is 4. The van der Waals surface area contributed by atoms with Gasteiger partial charge in [0.25, 0.3) is 11.8 Å². The van der Waals surface area contributed by atoms with E-state index >= 15 is 0 Å². The van der Waals surface area contributed by atoms with Gasteiger partial charge in [-0.3, -0.25) is 14.9 Å². The Morgan fingerprint density at radius 1 is 0.974 bits per heavy atom. The van der Waals surface area contributed by atoms with Crippen LogP contribution in [0, 0.1) is 0 Å². The van der Waals surface area contributed by atoms with Crippen molar-refractivity contribution in [2.45, 2.75) is 13.5 Å². The second kappa shape index (κ2) is 11.6. The van der Waals surface area contributed by atoms with Crippen LogP contribution in [-0.2, 0) is 16.2 Å². The van der Waals surface area contributed by atoms with Gasteiger partial charge in [-0.15, -0.1) is 0 Å². The van der Waals surface area contributed by atoms with Gasteiger partial charge in [-0.2, -0.15) is 0 Å². The maximum absolute atomic E-state index is 13.2. The Hall–Kier alpha value is -3.96. The number of benzene rings is 3. The smallest absolute Gasteiger partial charge is 0.335 e. The molecule has 3 aromatic rings. The highest BCUT2D eigenvalue weighted by Crippen LogP contribution is 2.36. The summed E-state index contributed by atoms with van der Waals surface area (Å²) in [6.45, 7) is 2.49. The molecule has 1 aliphatic heterocycles. The summed E-state index contributed by atoms with van der Waals surface area (Å²) in [5.41, 5.74) is 1.52. The lowest BCUT2D eigenvalue weighted by Crippen LogP contribution is -2.54. The van der Waals surface area contributed by atoms with E-state index in [0.29, 0.717) is 32.6 Å². The zero-order valence-electron chi connectivity index (χ0n) is 19.9. The van der Waals surface area contributed by atoms with Crippen molar-refractivity contribution in [3.05, 3.63) is 91.9 Å². The highest BCUT2D eigenvalue weighted by Gasteiger charge is 2.36. The number of carboxylic acid groups (broad SMARTS) is 1. The Morgan fingerprint density at radius 2 is 1.61 bits per heavy atom. The first-order valence-corrected chi connectivity index (χ1v) is 12.8. The lowest BCUT2D eigenvalue weighted by atomic mass is 10.1. The van der Waals surface area contributed by atoms with E-state index in [-0.39, 0.29) is 23.4 Å². The lowest BCUT2D eigenvalue weighted by Gasteiger charge is -2.26. The number of barbiturate groups is 1. The van der Waals surface area contributed by atoms with Crippen LogP contribution in [0.25, 0.3) is 6.08 Å². The van der Waals surface area contributed by atoms with Gasteiger partial charge in [0.2, 0.25) is 0 Å². The maximum atomic E-state index is 13.2. The molecule has 0 spiro atoms. The predicted octanol–water partition coefficient (Wildman–Crippen LogP) is 5.55. The van der Waals surface area contributed by atoms with Crippen LogP contribution in [0.4, 0.5) is 10.5 Å². The summed E-state index contributed by atoms with van der Waals surface area (Å²) in [6, 6.07) is 15.2. The predicted molar refractivity (Wildman–Crippen MR) is 146 cm³/mol. The number of hydrogen-bond acceptors (Lipinski definition) is 6. The van der Waals surface area contributed by atoms with Gasteiger partial charge in [0.1, 0.15) is 23.7 Å². The van der Waals surface area contributed by atoms with E-state index in [1.165, 1.54) is 18.2 Å². The number of hydrogen-bond donors (Lipinski definition) is 2. The third-order valence-electron chi connectivity index (χ3n) is 5.42. The van der Waals surface area contributed by atoms with Crippen molar-refractivity contribution in [2.24, 2.45) is 0 Å². The fourth-order valence-electron chi connectivity index (χ4n) is 3.62. The highest BCUT2D eigenvalue weighted by atomic mass is 79.9. The molecule has 0 saturated carbocycles. The van der Waals surface area contributed by atoms with Gasteiger partial charge in [-0.25, -0.2) is 14.5 Å². The van der Waals surface area contributed by atoms with E-state index in [0.717, 1.165) is 10.5 Å². The Morgan fingerprint density at radius 3 is 2.18 bits per heavy atom. The molecule has 1 heterocycles. The van der Waals surface area contributed by atoms with Crippen LogP contribution in [0.15, 0.2) is 75.2 Å². The summed E-state index contributed by atoms with van der Waals surface area (Å²) >= 11 is 6.90. The average molecular weight is 644 g/mol. The fraction of sp³-hybridized carbons (Fsp3) is 0.111. The molecule has 3 aromatic carbocycles. The minimum absolute atomic E-state index is 0.178. The number of carboxylic acids is 1. The molecule has 0 radical (unpaired) electrons. The van der Waals surface area contributed by atoms with Gasteiger partial charge >= 0.3 is 12.0 Å². The van der Waals surface area contributed by atoms with Crippen LogP contribution in [0.5, 0.6) is 11.5 Å². The van der Waals surface area contributed by atoms with Gasteiger partial charge in [0, 0.05) is 0 Å². The summed E-state index contributed by atoms with van der Waals surface area (Å²) in [5.74, 6) is -1.52. The van der Waals surface area contributed by atoms with Gasteiger partial charge in [0.05, 0.1) is 26.8 Å². The summed E-state index contributed by atoms with van der Waals surface area (Å²) in [6.07, 6.45) is 1.38. The summed E-state index contributed by atoms with van der Waals surface area (Å²) < 4.78 is 12.4. The summed E-state index contributed by atoms with van der Waals surface area (Å²) in [4.78, 5) is 50.1. The van der Waals surface area contributed by atoms with E-state index in [1.807, 2.05) is 6.92 Å². The third-order valence-corrected chi connectivity index (χ3v) is 6.60. The highest BCUT2D eigenvalue weighted by molar-refractivity contribution is 9.11. The lowest BCUT2D eigenvalue weighted by molar-refractivity contribution is -0.122.